The van der Waals surface area contributed by atoms with E-state index < -0.39 is 37.5 Å². The third-order valence-corrected chi connectivity index (χ3v) is 3.84. The van der Waals surface area contributed by atoms with Gasteiger partial charge < -0.3 is 43.0 Å². The molecule has 0 bridgehead atoms. The summed E-state index contributed by atoms with van der Waals surface area (Å²) in [5.41, 5.74) is 4.51. The van der Waals surface area contributed by atoms with Crippen LogP contribution in [0, 0.1) is 0 Å². The topological polar surface area (TPSA) is 217 Å². The number of imidazole rings is 1. The number of nitrogens with two attached hydrogens (primary N) is 1. The van der Waals surface area contributed by atoms with Crippen molar-refractivity contribution in [3.05, 3.63) is 16.2 Å². The third-order valence-electron chi connectivity index (χ3n) is 3.38. The normalized spacial score (nSPS) is 25.7. The number of ether oxygens (including phenoxy) is 2. The van der Waals surface area contributed by atoms with Crippen LogP contribution in [0.25, 0.3) is 11.2 Å². The van der Waals surface area contributed by atoms with Crippen LogP contribution < -0.4 is 70.4 Å². The molecule has 3 heterocycles. The fourth-order valence-electron chi connectivity index (χ4n) is 2.31. The Hall–Kier alpha value is 0.140. The molecule has 0 aromatic carbocycles. The number of hydrogen-bond acceptors (Lipinski definition) is 9. The van der Waals surface area contributed by atoms with E-state index in [1.807, 2.05) is 0 Å². The first-order chi connectivity index (χ1) is 11.1. The van der Waals surface area contributed by atoms with Crippen LogP contribution in [0.1, 0.15) is 8.68 Å². The molecule has 0 saturated carbocycles. The van der Waals surface area contributed by atoms with E-state index in [0.29, 0.717) is 0 Å². The summed E-state index contributed by atoms with van der Waals surface area (Å²) in [5, 5.41) is 19.9. The Morgan fingerprint density at radius 1 is 1.35 bits per heavy atom. The molecule has 0 unspecified atom stereocenters. The summed E-state index contributed by atoms with van der Waals surface area (Å²) in [4.78, 5) is 42.3. The van der Waals surface area contributed by atoms with Gasteiger partial charge >= 0.3 is 66.7 Å². The maximum atomic E-state index is 11.8. The number of aromatic amines is 2. The SMILES string of the molecule is Nc1nc2nc([C@]3(OCP(=O)(O)O)OC[C@@H](O)[C@H]3O)[nH]c2c(=O)[nH]1.[H-].[H-].[Na+].[Na+]. The van der Waals surface area contributed by atoms with Gasteiger partial charge in [0.05, 0.1) is 6.61 Å². The van der Waals surface area contributed by atoms with Gasteiger partial charge in [0, 0.05) is 0 Å². The zero-order valence-corrected chi connectivity index (χ0v) is 18.8. The van der Waals surface area contributed by atoms with E-state index in [9.17, 15) is 19.6 Å². The number of rotatable bonds is 4. The van der Waals surface area contributed by atoms with Crippen molar-refractivity contribution in [2.24, 2.45) is 0 Å². The van der Waals surface area contributed by atoms with Crippen LogP contribution in [0.4, 0.5) is 5.95 Å². The smallest absolute Gasteiger partial charge is 1.00 e. The summed E-state index contributed by atoms with van der Waals surface area (Å²) in [7, 11) is -4.62. The van der Waals surface area contributed by atoms with Crippen molar-refractivity contribution in [2.75, 3.05) is 18.7 Å². The fourth-order valence-corrected chi connectivity index (χ4v) is 2.67. The molecule has 16 heteroatoms. The standard InChI is InChI=1S/C10H14N5O8P.2Na.2H/c11-9-14-6-4(7(18)15-9)12-8(13-6)10(23-2-24(19,20)21)5(17)3(16)1-22-10;;;;/h3,5,16-17H,1-2H2,(H2,19,20,21)(H4,11,12,13,14,15,18);;;;/q;2*+1;2*-1/t3-,5-,10+;;;;/m1..../s1. The van der Waals surface area contributed by atoms with Crippen LogP contribution in [0.3, 0.4) is 0 Å². The molecule has 8 N–H and O–H groups in total. The van der Waals surface area contributed by atoms with E-state index in [4.69, 9.17) is 25.0 Å². The van der Waals surface area contributed by atoms with Gasteiger partial charge in [0.2, 0.25) is 5.95 Å². The number of nitrogen functional groups attached to an aromatic ring is 1. The van der Waals surface area contributed by atoms with Gasteiger partial charge in [0.1, 0.15) is 12.2 Å². The Bertz CT molecular complexity index is 896. The Labute approximate surface area is 192 Å². The molecule has 1 aliphatic heterocycles. The number of anilines is 1. The second-order valence-electron chi connectivity index (χ2n) is 5.16. The molecular formula is C10H16N5Na2O8P. The largest absolute Gasteiger partial charge is 1.00 e. The molecule has 2 aromatic rings. The van der Waals surface area contributed by atoms with Gasteiger partial charge in [-0.05, 0) is 0 Å². The van der Waals surface area contributed by atoms with Crippen molar-refractivity contribution in [1.29, 1.82) is 0 Å². The van der Waals surface area contributed by atoms with E-state index in [1.54, 1.807) is 0 Å². The van der Waals surface area contributed by atoms with Crippen LogP contribution in [0.2, 0.25) is 0 Å². The molecule has 0 radical (unpaired) electrons. The van der Waals surface area contributed by atoms with Gasteiger partial charge in [0.15, 0.2) is 23.3 Å². The van der Waals surface area contributed by atoms with Crippen molar-refractivity contribution in [1.82, 2.24) is 19.9 Å². The Balaban J connectivity index is 0. The molecule has 2 aromatic heterocycles. The van der Waals surface area contributed by atoms with Gasteiger partial charge in [-0.2, -0.15) is 4.98 Å². The minimum Gasteiger partial charge on any atom is -1.00 e. The molecule has 136 valence electrons. The molecule has 1 aliphatic rings. The monoisotopic (exact) mass is 411 g/mol. The first-order valence-electron chi connectivity index (χ1n) is 6.57. The fraction of sp³-hybridized carbons (Fsp3) is 0.500. The zero-order valence-electron chi connectivity index (χ0n) is 15.9. The van der Waals surface area contributed by atoms with E-state index in [1.165, 1.54) is 0 Å². The first kappa shape index (κ1) is 24.2. The van der Waals surface area contributed by atoms with Crippen LogP contribution >= 0.6 is 7.60 Å². The molecule has 0 amide bonds. The Kier molecular flexibility index (Phi) is 8.05. The Morgan fingerprint density at radius 3 is 2.54 bits per heavy atom. The summed E-state index contributed by atoms with van der Waals surface area (Å²) >= 11 is 0. The van der Waals surface area contributed by atoms with E-state index >= 15 is 0 Å². The van der Waals surface area contributed by atoms with Crippen molar-refractivity contribution in [3.63, 3.8) is 0 Å². The molecule has 3 rings (SSSR count). The number of H-pyrrole nitrogens is 2. The van der Waals surface area contributed by atoms with Crippen LogP contribution in [-0.2, 0) is 19.8 Å². The van der Waals surface area contributed by atoms with Crippen molar-refractivity contribution < 1.29 is 96.0 Å². The second-order valence-corrected chi connectivity index (χ2v) is 6.75. The molecule has 0 aliphatic carbocycles. The summed E-state index contributed by atoms with van der Waals surface area (Å²) < 4.78 is 21.4. The number of aliphatic hydroxyl groups is 2. The maximum Gasteiger partial charge on any atom is 1.00 e. The average molecular weight is 411 g/mol. The van der Waals surface area contributed by atoms with Gasteiger partial charge in [-0.3, -0.25) is 14.3 Å². The molecular weight excluding hydrogens is 395 g/mol. The maximum absolute atomic E-state index is 11.8. The summed E-state index contributed by atoms with van der Waals surface area (Å²) in [6, 6.07) is 0. The molecule has 0 spiro atoms. The zero-order chi connectivity index (χ0) is 17.7. The number of nitrogens with zero attached hydrogens (tertiary/aromatic N) is 2. The molecule has 13 nitrogen and oxygen atoms in total. The van der Waals surface area contributed by atoms with Crippen LogP contribution in [0.5, 0.6) is 0 Å². The van der Waals surface area contributed by atoms with E-state index in [-0.39, 0.29) is 91.5 Å². The van der Waals surface area contributed by atoms with Crippen molar-refractivity contribution in [3.8, 4) is 0 Å². The van der Waals surface area contributed by atoms with Gasteiger partial charge in [-0.1, -0.05) is 0 Å². The predicted octanol–water partition coefficient (Wildman–Crippen LogP) is -8.48. The van der Waals surface area contributed by atoms with Gasteiger partial charge in [0.25, 0.3) is 11.3 Å². The summed E-state index contributed by atoms with van der Waals surface area (Å²) in [6.07, 6.45) is -4.23. The minimum atomic E-state index is -4.62. The van der Waals surface area contributed by atoms with Gasteiger partial charge in [-0.15, -0.1) is 0 Å². The van der Waals surface area contributed by atoms with Crippen molar-refractivity contribution >= 4 is 24.7 Å². The quantitative estimate of drug-likeness (QED) is 0.185. The molecule has 1 fully saturated rings. The third kappa shape index (κ3) is 4.58. The van der Waals surface area contributed by atoms with Crippen LogP contribution in [0.15, 0.2) is 4.79 Å². The minimum absolute atomic E-state index is 0. The Morgan fingerprint density at radius 2 is 2.00 bits per heavy atom. The first-order valence-corrected chi connectivity index (χ1v) is 8.37. The van der Waals surface area contributed by atoms with Crippen LogP contribution in [-0.4, -0.2) is 65.1 Å². The number of aliphatic hydroxyl groups excluding tert-OH is 2. The van der Waals surface area contributed by atoms with E-state index in [0.717, 1.165) is 0 Å². The average Bonchev–Trinajstić information content (AvgIpc) is 3.01. The van der Waals surface area contributed by atoms with E-state index in [2.05, 4.69) is 19.9 Å². The summed E-state index contributed by atoms with van der Waals surface area (Å²) in [6.45, 7) is -0.384. The molecule has 1 saturated heterocycles. The number of hydrogen-bond donors (Lipinski definition) is 7. The number of fused-ring (bicyclic) bond motifs is 1. The van der Waals surface area contributed by atoms with Gasteiger partial charge in [-0.25, -0.2) is 4.98 Å². The molecule has 26 heavy (non-hydrogen) atoms. The van der Waals surface area contributed by atoms with Crippen molar-refractivity contribution in [2.45, 2.75) is 18.0 Å². The summed E-state index contributed by atoms with van der Waals surface area (Å²) in [5.74, 6) is -2.70. The number of nitrogens with one attached hydrogen (secondary N) is 2. The molecule has 3 atom stereocenters. The predicted molar refractivity (Wildman–Crippen MR) is 78.8 cm³/mol. The second kappa shape index (κ2) is 8.66. The number of aromatic nitrogens is 4.